The van der Waals surface area contributed by atoms with Crippen LogP contribution in [-0.4, -0.2) is 25.9 Å². The minimum atomic E-state index is -0.255. The third-order valence-corrected chi connectivity index (χ3v) is 3.10. The Hall–Kier alpha value is -1.06. The van der Waals surface area contributed by atoms with Gasteiger partial charge >= 0.3 is 0 Å². The Morgan fingerprint density at radius 1 is 1.11 bits per heavy atom. The lowest BCUT2D eigenvalue weighted by atomic mass is 9.92. The highest BCUT2D eigenvalue weighted by Crippen LogP contribution is 2.29. The summed E-state index contributed by atoms with van der Waals surface area (Å²) in [4.78, 5) is 0. The van der Waals surface area contributed by atoms with Gasteiger partial charge in [-0.1, -0.05) is 12.1 Å². The molecule has 102 valence electrons. The summed E-state index contributed by atoms with van der Waals surface area (Å²) in [7, 11) is 3.69. The molecule has 0 amide bonds. The third-order valence-electron chi connectivity index (χ3n) is 3.10. The number of ether oxygens (including phenoxy) is 2. The van der Waals surface area contributed by atoms with E-state index < -0.39 is 0 Å². The SMILES string of the molecule is CNC(c1ccc(OC(C)C)cc1)C(C)(C)OC. The maximum atomic E-state index is 5.64. The minimum Gasteiger partial charge on any atom is -0.491 e. The summed E-state index contributed by atoms with van der Waals surface area (Å²) < 4.78 is 11.2. The van der Waals surface area contributed by atoms with Gasteiger partial charge in [-0.3, -0.25) is 0 Å². The maximum Gasteiger partial charge on any atom is 0.119 e. The standard InChI is InChI=1S/C15H25NO2/c1-11(2)18-13-9-7-12(8-10-13)14(16-5)15(3,4)17-6/h7-11,14,16H,1-6H3. The van der Waals surface area contributed by atoms with Crippen LogP contribution in [0.15, 0.2) is 24.3 Å². The Bertz CT molecular complexity index is 357. The lowest BCUT2D eigenvalue weighted by molar-refractivity contribution is -0.00900. The van der Waals surface area contributed by atoms with Crippen molar-refractivity contribution in [1.82, 2.24) is 5.32 Å². The van der Waals surface area contributed by atoms with Gasteiger partial charge in [-0.05, 0) is 52.4 Å². The van der Waals surface area contributed by atoms with Gasteiger partial charge in [-0.25, -0.2) is 0 Å². The summed E-state index contributed by atoms with van der Waals surface area (Å²) in [5, 5.41) is 3.30. The molecule has 3 heteroatoms. The minimum absolute atomic E-state index is 0.149. The molecule has 0 saturated heterocycles. The summed E-state index contributed by atoms with van der Waals surface area (Å²) in [5.74, 6) is 0.902. The number of hydrogen-bond donors (Lipinski definition) is 1. The molecular formula is C15H25NO2. The highest BCUT2D eigenvalue weighted by atomic mass is 16.5. The van der Waals surface area contributed by atoms with Crippen LogP contribution in [-0.2, 0) is 4.74 Å². The summed E-state index contributed by atoms with van der Waals surface area (Å²) >= 11 is 0. The number of hydrogen-bond acceptors (Lipinski definition) is 3. The Kier molecular flexibility index (Phi) is 5.17. The van der Waals surface area contributed by atoms with Crippen LogP contribution in [0.5, 0.6) is 5.75 Å². The molecule has 0 spiro atoms. The number of benzene rings is 1. The molecule has 1 rings (SSSR count). The maximum absolute atomic E-state index is 5.64. The fourth-order valence-corrected chi connectivity index (χ4v) is 2.04. The van der Waals surface area contributed by atoms with Crippen molar-refractivity contribution in [3.05, 3.63) is 29.8 Å². The van der Waals surface area contributed by atoms with Crippen molar-refractivity contribution in [2.45, 2.75) is 45.4 Å². The quantitative estimate of drug-likeness (QED) is 0.842. The number of methoxy groups -OCH3 is 1. The van der Waals surface area contributed by atoms with Gasteiger partial charge < -0.3 is 14.8 Å². The van der Waals surface area contributed by atoms with Gasteiger partial charge in [0.05, 0.1) is 17.7 Å². The van der Waals surface area contributed by atoms with Gasteiger partial charge in [-0.15, -0.1) is 0 Å². The Morgan fingerprint density at radius 2 is 1.67 bits per heavy atom. The summed E-state index contributed by atoms with van der Waals surface area (Å²) in [6, 6.07) is 8.33. The van der Waals surface area contributed by atoms with E-state index >= 15 is 0 Å². The normalized spacial score (nSPS) is 13.7. The second-order valence-corrected chi connectivity index (χ2v) is 5.26. The van der Waals surface area contributed by atoms with Crippen molar-refractivity contribution in [2.75, 3.05) is 14.2 Å². The molecule has 1 aromatic carbocycles. The molecule has 0 fully saturated rings. The highest BCUT2D eigenvalue weighted by Gasteiger charge is 2.29. The van der Waals surface area contributed by atoms with Crippen molar-refractivity contribution >= 4 is 0 Å². The predicted octanol–water partition coefficient (Wildman–Crippen LogP) is 3.16. The van der Waals surface area contributed by atoms with Crippen LogP contribution in [0.4, 0.5) is 0 Å². The van der Waals surface area contributed by atoms with E-state index in [0.717, 1.165) is 5.75 Å². The van der Waals surface area contributed by atoms with Crippen LogP contribution in [0.25, 0.3) is 0 Å². The fraction of sp³-hybridized carbons (Fsp3) is 0.600. The molecular weight excluding hydrogens is 226 g/mol. The molecule has 0 radical (unpaired) electrons. The van der Waals surface area contributed by atoms with Crippen LogP contribution in [0.3, 0.4) is 0 Å². The van der Waals surface area contributed by atoms with E-state index in [2.05, 4.69) is 31.3 Å². The van der Waals surface area contributed by atoms with Crippen LogP contribution in [0.2, 0.25) is 0 Å². The predicted molar refractivity (Wildman–Crippen MR) is 75.1 cm³/mol. The van der Waals surface area contributed by atoms with E-state index in [4.69, 9.17) is 9.47 Å². The Balaban J connectivity index is 2.89. The fourth-order valence-electron chi connectivity index (χ4n) is 2.04. The lowest BCUT2D eigenvalue weighted by Gasteiger charge is -2.33. The van der Waals surface area contributed by atoms with E-state index in [1.165, 1.54) is 5.56 Å². The van der Waals surface area contributed by atoms with Gasteiger partial charge in [0.2, 0.25) is 0 Å². The first-order valence-electron chi connectivity index (χ1n) is 6.39. The van der Waals surface area contributed by atoms with Crippen LogP contribution in [0, 0.1) is 0 Å². The van der Waals surface area contributed by atoms with Gasteiger partial charge in [0, 0.05) is 7.11 Å². The van der Waals surface area contributed by atoms with E-state index in [1.807, 2.05) is 33.0 Å². The van der Waals surface area contributed by atoms with Gasteiger partial charge in [0.25, 0.3) is 0 Å². The molecule has 1 aromatic rings. The zero-order valence-electron chi connectivity index (χ0n) is 12.3. The van der Waals surface area contributed by atoms with Crippen molar-refractivity contribution in [2.24, 2.45) is 0 Å². The topological polar surface area (TPSA) is 30.5 Å². The zero-order valence-corrected chi connectivity index (χ0v) is 12.3. The van der Waals surface area contributed by atoms with E-state index in [9.17, 15) is 0 Å². The van der Waals surface area contributed by atoms with Crippen LogP contribution in [0.1, 0.15) is 39.3 Å². The van der Waals surface area contributed by atoms with Gasteiger partial charge in [0.15, 0.2) is 0 Å². The molecule has 3 nitrogen and oxygen atoms in total. The molecule has 1 unspecified atom stereocenters. The van der Waals surface area contributed by atoms with Gasteiger partial charge in [-0.2, -0.15) is 0 Å². The molecule has 18 heavy (non-hydrogen) atoms. The Labute approximate surface area is 110 Å². The van der Waals surface area contributed by atoms with Crippen molar-refractivity contribution < 1.29 is 9.47 Å². The molecule has 0 bridgehead atoms. The number of likely N-dealkylation sites (N-methyl/N-ethyl adjacent to an activating group) is 1. The monoisotopic (exact) mass is 251 g/mol. The molecule has 1 N–H and O–H groups in total. The molecule has 0 saturated carbocycles. The van der Waals surface area contributed by atoms with Crippen LogP contribution < -0.4 is 10.1 Å². The van der Waals surface area contributed by atoms with Crippen molar-refractivity contribution in [3.63, 3.8) is 0 Å². The van der Waals surface area contributed by atoms with E-state index in [0.29, 0.717) is 0 Å². The second-order valence-electron chi connectivity index (χ2n) is 5.26. The molecule has 0 aliphatic carbocycles. The largest absolute Gasteiger partial charge is 0.491 e. The Morgan fingerprint density at radius 3 is 2.06 bits per heavy atom. The second kappa shape index (κ2) is 6.21. The number of nitrogens with one attached hydrogen (secondary N) is 1. The third kappa shape index (κ3) is 3.72. The molecule has 0 heterocycles. The first-order chi connectivity index (χ1) is 8.40. The van der Waals surface area contributed by atoms with Crippen molar-refractivity contribution in [3.8, 4) is 5.75 Å². The number of rotatable bonds is 6. The first kappa shape index (κ1) is 15.0. The lowest BCUT2D eigenvalue weighted by Crippen LogP contribution is -2.39. The summed E-state index contributed by atoms with van der Waals surface area (Å²) in [6.45, 7) is 8.20. The van der Waals surface area contributed by atoms with Crippen molar-refractivity contribution in [1.29, 1.82) is 0 Å². The van der Waals surface area contributed by atoms with E-state index in [-0.39, 0.29) is 17.7 Å². The average Bonchev–Trinajstić information content (AvgIpc) is 2.31. The highest BCUT2D eigenvalue weighted by molar-refractivity contribution is 5.30. The summed E-state index contributed by atoms with van der Waals surface area (Å²) in [5.41, 5.74) is 0.940. The molecule has 0 aliphatic rings. The van der Waals surface area contributed by atoms with Gasteiger partial charge in [0.1, 0.15) is 5.75 Å². The molecule has 1 atom stereocenters. The van der Waals surface area contributed by atoms with Crippen LogP contribution >= 0.6 is 0 Å². The average molecular weight is 251 g/mol. The smallest absolute Gasteiger partial charge is 0.119 e. The first-order valence-corrected chi connectivity index (χ1v) is 6.39. The zero-order chi connectivity index (χ0) is 13.8. The summed E-state index contributed by atoms with van der Waals surface area (Å²) in [6.07, 6.45) is 0.200. The van der Waals surface area contributed by atoms with E-state index in [1.54, 1.807) is 7.11 Å². The molecule has 0 aromatic heterocycles. The molecule has 0 aliphatic heterocycles.